The number of aromatic nitrogens is 1. The number of amides is 1. The molecule has 1 aromatic heterocycles. The number of halogens is 1. The molecule has 1 fully saturated rings. The van der Waals surface area contributed by atoms with Crippen molar-refractivity contribution in [3.05, 3.63) is 82.9 Å². The first-order valence-electron chi connectivity index (χ1n) is 12.0. The Kier molecular flexibility index (Phi) is 7.66. The summed E-state index contributed by atoms with van der Waals surface area (Å²) < 4.78 is 20.6. The lowest BCUT2D eigenvalue weighted by Crippen LogP contribution is -2.50. The minimum absolute atomic E-state index is 0.0595. The fraction of sp³-hybridized carbons (Fsp3) is 0.357. The number of aryl methyl sites for hydroxylation is 2. The van der Waals surface area contributed by atoms with Crippen LogP contribution >= 0.6 is 0 Å². The molecule has 4 rings (SSSR count). The summed E-state index contributed by atoms with van der Waals surface area (Å²) in [5.41, 5.74) is 4.39. The van der Waals surface area contributed by atoms with Crippen molar-refractivity contribution in [3.8, 4) is 11.4 Å². The van der Waals surface area contributed by atoms with Crippen molar-refractivity contribution in [2.45, 2.75) is 26.7 Å². The van der Waals surface area contributed by atoms with Crippen LogP contribution in [0.1, 0.15) is 33.7 Å². The fourth-order valence-corrected chi connectivity index (χ4v) is 4.71. The van der Waals surface area contributed by atoms with Crippen molar-refractivity contribution >= 4 is 11.7 Å². The molecule has 3 aromatic rings. The van der Waals surface area contributed by atoms with E-state index in [1.165, 1.54) is 12.1 Å². The summed E-state index contributed by atoms with van der Waals surface area (Å²) in [5, 5.41) is 0. The minimum Gasteiger partial charge on any atom is -0.497 e. The third-order valence-corrected chi connectivity index (χ3v) is 6.67. The predicted octanol–water partition coefficient (Wildman–Crippen LogP) is 4.20. The van der Waals surface area contributed by atoms with Gasteiger partial charge in [0, 0.05) is 55.2 Å². The predicted molar refractivity (Wildman–Crippen MR) is 134 cm³/mol. The number of ether oxygens (including phenoxy) is 1. The topological polar surface area (TPSA) is 54.8 Å². The van der Waals surface area contributed by atoms with E-state index in [2.05, 4.69) is 4.90 Å². The van der Waals surface area contributed by atoms with Gasteiger partial charge in [0.25, 0.3) is 0 Å². The number of carbonyl (C=O) groups excluding carboxylic acids is 2. The Balaban J connectivity index is 1.30. The number of piperazine rings is 1. The average molecular weight is 478 g/mol. The lowest BCUT2D eigenvalue weighted by atomic mass is 10.1. The van der Waals surface area contributed by atoms with Crippen LogP contribution in [0.25, 0.3) is 5.69 Å². The van der Waals surface area contributed by atoms with Gasteiger partial charge in [0.2, 0.25) is 5.91 Å². The molecule has 1 aliphatic rings. The molecule has 0 N–H and O–H groups in total. The van der Waals surface area contributed by atoms with E-state index < -0.39 is 0 Å². The molecule has 0 saturated carbocycles. The molecule has 1 aliphatic heterocycles. The summed E-state index contributed by atoms with van der Waals surface area (Å²) >= 11 is 0. The Morgan fingerprint density at radius 2 is 1.69 bits per heavy atom. The number of carbonyl (C=O) groups is 2. The zero-order valence-electron chi connectivity index (χ0n) is 20.6. The van der Waals surface area contributed by atoms with Crippen LogP contribution in [0.15, 0.2) is 54.6 Å². The number of hydrogen-bond acceptors (Lipinski definition) is 4. The van der Waals surface area contributed by atoms with Crippen molar-refractivity contribution in [2.24, 2.45) is 0 Å². The third kappa shape index (κ3) is 5.80. The SMILES string of the molecule is COc1cccc(CCC(=O)N2CCN(CC(=O)c3cc(C)n(-c4ccc(F)cc4)c3C)CC2)c1. The molecule has 1 saturated heterocycles. The molecule has 2 heterocycles. The van der Waals surface area contributed by atoms with E-state index in [0.717, 1.165) is 28.4 Å². The van der Waals surface area contributed by atoms with Gasteiger partial charge in [-0.3, -0.25) is 14.5 Å². The third-order valence-electron chi connectivity index (χ3n) is 6.67. The lowest BCUT2D eigenvalue weighted by Gasteiger charge is -2.34. The Labute approximate surface area is 205 Å². The first-order chi connectivity index (χ1) is 16.9. The molecule has 184 valence electrons. The molecule has 0 atom stereocenters. The number of ketones is 1. The van der Waals surface area contributed by atoms with Crippen LogP contribution in [0.5, 0.6) is 5.75 Å². The first-order valence-corrected chi connectivity index (χ1v) is 12.0. The van der Waals surface area contributed by atoms with Gasteiger partial charge in [-0.2, -0.15) is 0 Å². The Morgan fingerprint density at radius 3 is 2.37 bits per heavy atom. The Morgan fingerprint density at radius 1 is 0.971 bits per heavy atom. The van der Waals surface area contributed by atoms with Crippen molar-refractivity contribution < 1.29 is 18.7 Å². The molecule has 0 spiro atoms. The second-order valence-corrected chi connectivity index (χ2v) is 9.03. The van der Waals surface area contributed by atoms with E-state index in [1.807, 2.05) is 53.6 Å². The minimum atomic E-state index is -0.287. The van der Waals surface area contributed by atoms with E-state index in [9.17, 15) is 14.0 Å². The fourth-order valence-electron chi connectivity index (χ4n) is 4.71. The second kappa shape index (κ2) is 10.9. The van der Waals surface area contributed by atoms with Crippen LogP contribution in [0.2, 0.25) is 0 Å². The number of nitrogens with zero attached hydrogens (tertiary/aromatic N) is 3. The van der Waals surface area contributed by atoms with E-state index >= 15 is 0 Å². The highest BCUT2D eigenvalue weighted by atomic mass is 19.1. The van der Waals surface area contributed by atoms with Crippen LogP contribution in [-0.4, -0.2) is 65.9 Å². The van der Waals surface area contributed by atoms with Gasteiger partial charge in [-0.15, -0.1) is 0 Å². The van der Waals surface area contributed by atoms with Crippen LogP contribution in [0.4, 0.5) is 4.39 Å². The molecule has 2 aromatic carbocycles. The van der Waals surface area contributed by atoms with Crippen molar-refractivity contribution in [1.82, 2.24) is 14.4 Å². The van der Waals surface area contributed by atoms with Crippen LogP contribution < -0.4 is 4.74 Å². The molecule has 6 nitrogen and oxygen atoms in total. The smallest absolute Gasteiger partial charge is 0.222 e. The zero-order chi connectivity index (χ0) is 24.9. The van der Waals surface area contributed by atoms with Crippen molar-refractivity contribution in [1.29, 1.82) is 0 Å². The maximum atomic E-state index is 13.3. The van der Waals surface area contributed by atoms with E-state index in [1.54, 1.807) is 19.2 Å². The molecule has 7 heteroatoms. The van der Waals surface area contributed by atoms with Gasteiger partial charge < -0.3 is 14.2 Å². The standard InChI is InChI=1S/C28H32FN3O3/c1-20-17-26(21(2)32(20)24-10-8-23(29)9-11-24)27(33)19-30-13-15-31(16-14-30)28(34)12-7-22-5-4-6-25(18-22)35-3/h4-6,8-11,17-18H,7,12-16,19H2,1-3H3. The van der Waals surface area contributed by atoms with Gasteiger partial charge in [-0.25, -0.2) is 4.39 Å². The molecule has 0 aliphatic carbocycles. The summed E-state index contributed by atoms with van der Waals surface area (Å²) in [5.74, 6) is 0.711. The van der Waals surface area contributed by atoms with Gasteiger partial charge in [0.1, 0.15) is 11.6 Å². The Bertz CT molecular complexity index is 1190. The Hall–Kier alpha value is -3.45. The highest BCUT2D eigenvalue weighted by Gasteiger charge is 2.24. The molecular formula is C28H32FN3O3. The monoisotopic (exact) mass is 477 g/mol. The number of hydrogen-bond donors (Lipinski definition) is 0. The van der Waals surface area contributed by atoms with Gasteiger partial charge >= 0.3 is 0 Å². The van der Waals surface area contributed by atoms with Gasteiger partial charge in [-0.1, -0.05) is 12.1 Å². The summed E-state index contributed by atoms with van der Waals surface area (Å²) in [6.45, 7) is 6.78. The summed E-state index contributed by atoms with van der Waals surface area (Å²) in [4.78, 5) is 29.8. The number of benzene rings is 2. The normalized spacial score (nSPS) is 14.2. The number of Topliss-reactive ketones (excluding diaryl/α,β-unsaturated/α-hetero) is 1. The summed E-state index contributed by atoms with van der Waals surface area (Å²) in [7, 11) is 1.64. The van der Waals surface area contributed by atoms with Gasteiger partial charge in [-0.05, 0) is 68.3 Å². The molecular weight excluding hydrogens is 445 g/mol. The maximum absolute atomic E-state index is 13.3. The van der Waals surface area contributed by atoms with Gasteiger partial charge in [0.15, 0.2) is 5.78 Å². The quantitative estimate of drug-likeness (QED) is 0.457. The highest BCUT2D eigenvalue weighted by Crippen LogP contribution is 2.22. The van der Waals surface area contributed by atoms with Crippen LogP contribution in [0.3, 0.4) is 0 Å². The van der Waals surface area contributed by atoms with Crippen LogP contribution in [0, 0.1) is 19.7 Å². The first kappa shape index (κ1) is 24.7. The maximum Gasteiger partial charge on any atom is 0.222 e. The average Bonchev–Trinajstić information content (AvgIpc) is 3.17. The van der Waals surface area contributed by atoms with E-state index in [-0.39, 0.29) is 17.5 Å². The van der Waals surface area contributed by atoms with E-state index in [0.29, 0.717) is 51.1 Å². The molecule has 0 unspecified atom stereocenters. The van der Waals surface area contributed by atoms with E-state index in [4.69, 9.17) is 4.74 Å². The van der Waals surface area contributed by atoms with Gasteiger partial charge in [0.05, 0.1) is 13.7 Å². The van der Waals surface area contributed by atoms with Crippen molar-refractivity contribution in [2.75, 3.05) is 39.8 Å². The molecule has 0 radical (unpaired) electrons. The number of rotatable bonds is 8. The second-order valence-electron chi connectivity index (χ2n) is 9.03. The lowest BCUT2D eigenvalue weighted by molar-refractivity contribution is -0.132. The molecule has 0 bridgehead atoms. The summed E-state index contributed by atoms with van der Waals surface area (Å²) in [6, 6.07) is 16.0. The van der Waals surface area contributed by atoms with Crippen LogP contribution in [-0.2, 0) is 11.2 Å². The summed E-state index contributed by atoms with van der Waals surface area (Å²) in [6.07, 6.45) is 1.14. The van der Waals surface area contributed by atoms with Crippen molar-refractivity contribution in [3.63, 3.8) is 0 Å². The zero-order valence-corrected chi connectivity index (χ0v) is 20.6. The molecule has 35 heavy (non-hydrogen) atoms. The largest absolute Gasteiger partial charge is 0.497 e. The molecule has 1 amide bonds. The highest BCUT2D eigenvalue weighted by molar-refractivity contribution is 5.99. The number of methoxy groups -OCH3 is 1.